The van der Waals surface area contributed by atoms with Crippen molar-refractivity contribution in [1.82, 2.24) is 14.9 Å². The van der Waals surface area contributed by atoms with Gasteiger partial charge in [0, 0.05) is 30.4 Å². The summed E-state index contributed by atoms with van der Waals surface area (Å²) in [4.78, 5) is 21.9. The number of anilines is 1. The van der Waals surface area contributed by atoms with Crippen molar-refractivity contribution in [2.75, 3.05) is 18.8 Å². The number of hydrogen-bond acceptors (Lipinski definition) is 5. The van der Waals surface area contributed by atoms with E-state index in [9.17, 15) is 9.90 Å². The van der Waals surface area contributed by atoms with Gasteiger partial charge in [0.1, 0.15) is 0 Å². The molecule has 1 aromatic carbocycles. The van der Waals surface area contributed by atoms with E-state index in [0.29, 0.717) is 24.4 Å². The van der Waals surface area contributed by atoms with Gasteiger partial charge >= 0.3 is 0 Å². The van der Waals surface area contributed by atoms with Crippen LogP contribution in [0, 0.1) is 0 Å². The summed E-state index contributed by atoms with van der Waals surface area (Å²) < 4.78 is 0. The van der Waals surface area contributed by atoms with Crippen molar-refractivity contribution in [3.8, 4) is 0 Å². The fourth-order valence-corrected chi connectivity index (χ4v) is 3.08. The Kier molecular flexibility index (Phi) is 4.19. The van der Waals surface area contributed by atoms with E-state index in [1.165, 1.54) is 12.4 Å². The predicted octanol–water partition coefficient (Wildman–Crippen LogP) is 1.53. The van der Waals surface area contributed by atoms with Crippen molar-refractivity contribution in [2.24, 2.45) is 0 Å². The van der Waals surface area contributed by atoms with Gasteiger partial charge in [-0.15, -0.1) is 0 Å². The minimum Gasteiger partial charge on any atom is -0.388 e. The number of aliphatic hydroxyl groups is 1. The molecule has 0 spiro atoms. The van der Waals surface area contributed by atoms with Gasteiger partial charge in [-0.2, -0.15) is 0 Å². The van der Waals surface area contributed by atoms with Crippen LogP contribution in [-0.2, 0) is 6.42 Å². The highest BCUT2D eigenvalue weighted by Crippen LogP contribution is 2.27. The lowest BCUT2D eigenvalue weighted by molar-refractivity contribution is 0.0443. The summed E-state index contributed by atoms with van der Waals surface area (Å²) in [5, 5.41) is 11.4. The monoisotopic (exact) mass is 332 g/mol. The second-order valence-electron chi connectivity index (χ2n) is 5.80. The summed E-state index contributed by atoms with van der Waals surface area (Å²) in [6.45, 7) is 0.681. The van der Waals surface area contributed by atoms with Gasteiger partial charge in [0.2, 0.25) is 0 Å². The largest absolute Gasteiger partial charge is 0.388 e. The molecule has 1 aliphatic heterocycles. The number of rotatable bonds is 3. The average Bonchev–Trinajstić information content (AvgIpc) is 2.89. The first kappa shape index (κ1) is 15.7. The molecule has 1 atom stereocenters. The van der Waals surface area contributed by atoms with E-state index in [1.54, 1.807) is 11.0 Å². The van der Waals surface area contributed by atoms with Crippen LogP contribution in [0.25, 0.3) is 0 Å². The molecule has 6 nitrogen and oxygen atoms in total. The van der Waals surface area contributed by atoms with E-state index in [-0.39, 0.29) is 24.0 Å². The molecule has 2 aromatic rings. The Morgan fingerprint density at radius 3 is 2.91 bits per heavy atom. The molecule has 23 heavy (non-hydrogen) atoms. The molecule has 0 bridgehead atoms. The van der Waals surface area contributed by atoms with Crippen LogP contribution in [0.4, 0.5) is 5.82 Å². The third kappa shape index (κ3) is 3.43. The molecule has 3 N–H and O–H groups in total. The molecule has 1 amide bonds. The van der Waals surface area contributed by atoms with Gasteiger partial charge in [-0.05, 0) is 24.1 Å². The van der Waals surface area contributed by atoms with E-state index < -0.39 is 5.60 Å². The van der Waals surface area contributed by atoms with Crippen LogP contribution in [0.15, 0.2) is 36.7 Å². The zero-order valence-electron chi connectivity index (χ0n) is 12.4. The van der Waals surface area contributed by atoms with E-state index in [1.807, 2.05) is 18.2 Å². The van der Waals surface area contributed by atoms with Crippen molar-refractivity contribution in [1.29, 1.82) is 0 Å². The van der Waals surface area contributed by atoms with Crippen LogP contribution in [0.1, 0.15) is 22.5 Å². The molecule has 1 unspecified atom stereocenters. The predicted molar refractivity (Wildman–Crippen MR) is 87.1 cm³/mol. The number of nitrogens with zero attached hydrogens (tertiary/aromatic N) is 3. The van der Waals surface area contributed by atoms with Crippen molar-refractivity contribution in [2.45, 2.75) is 18.4 Å². The number of nitrogen functional groups attached to an aromatic ring is 1. The van der Waals surface area contributed by atoms with Crippen LogP contribution >= 0.6 is 11.6 Å². The summed E-state index contributed by atoms with van der Waals surface area (Å²) >= 11 is 5.98. The number of hydrogen-bond donors (Lipinski definition) is 2. The van der Waals surface area contributed by atoms with Gasteiger partial charge in [-0.25, -0.2) is 9.97 Å². The van der Waals surface area contributed by atoms with Gasteiger partial charge in [0.25, 0.3) is 5.91 Å². The molecule has 3 rings (SSSR count). The fourth-order valence-electron chi connectivity index (χ4n) is 2.86. The third-order valence-corrected chi connectivity index (χ3v) is 4.21. The molecule has 7 heteroatoms. The first-order valence-electron chi connectivity index (χ1n) is 7.29. The van der Waals surface area contributed by atoms with Crippen molar-refractivity contribution in [3.63, 3.8) is 0 Å². The maximum Gasteiger partial charge on any atom is 0.276 e. The highest BCUT2D eigenvalue weighted by Gasteiger charge is 2.39. The molecule has 0 radical (unpaired) electrons. The number of benzene rings is 1. The summed E-state index contributed by atoms with van der Waals surface area (Å²) in [5.41, 5.74) is 5.79. The minimum atomic E-state index is -0.975. The first-order valence-corrected chi connectivity index (χ1v) is 7.67. The zero-order chi connectivity index (χ0) is 16.4. The number of nitrogens with two attached hydrogens (primary N) is 1. The smallest absolute Gasteiger partial charge is 0.276 e. The zero-order valence-corrected chi connectivity index (χ0v) is 13.2. The number of carbonyl (C=O) groups is 1. The summed E-state index contributed by atoms with van der Waals surface area (Å²) in [6, 6.07) is 7.37. The number of likely N-dealkylation sites (tertiary alicyclic amines) is 1. The van der Waals surface area contributed by atoms with Gasteiger partial charge in [-0.1, -0.05) is 23.7 Å². The number of aromatic nitrogens is 2. The second kappa shape index (κ2) is 6.14. The van der Waals surface area contributed by atoms with Crippen molar-refractivity contribution >= 4 is 23.3 Å². The van der Waals surface area contributed by atoms with E-state index >= 15 is 0 Å². The first-order chi connectivity index (χ1) is 11.0. The van der Waals surface area contributed by atoms with Crippen LogP contribution in [0.5, 0.6) is 0 Å². The Balaban J connectivity index is 1.72. The lowest BCUT2D eigenvalue weighted by Gasteiger charge is -2.23. The maximum atomic E-state index is 12.5. The van der Waals surface area contributed by atoms with Gasteiger partial charge in [-0.3, -0.25) is 4.79 Å². The third-order valence-electron chi connectivity index (χ3n) is 3.97. The van der Waals surface area contributed by atoms with Crippen LogP contribution in [0.3, 0.4) is 0 Å². The molecular formula is C16H17ClN4O2. The summed E-state index contributed by atoms with van der Waals surface area (Å²) in [6.07, 6.45) is 3.79. The van der Waals surface area contributed by atoms with Gasteiger partial charge in [0.15, 0.2) is 11.5 Å². The summed E-state index contributed by atoms with van der Waals surface area (Å²) in [7, 11) is 0. The molecule has 0 saturated carbocycles. The highest BCUT2D eigenvalue weighted by atomic mass is 35.5. The lowest BCUT2D eigenvalue weighted by atomic mass is 9.94. The Morgan fingerprint density at radius 2 is 2.17 bits per heavy atom. The molecule has 2 heterocycles. The van der Waals surface area contributed by atoms with Gasteiger partial charge < -0.3 is 15.7 Å². The lowest BCUT2D eigenvalue weighted by Crippen LogP contribution is -2.38. The molecule has 1 aromatic heterocycles. The Bertz CT molecular complexity index is 740. The van der Waals surface area contributed by atoms with E-state index in [2.05, 4.69) is 9.97 Å². The number of carbonyl (C=O) groups excluding carboxylic acids is 1. The number of β-amino-alcohol motifs (C(OH)–C–C–N with tert-alkyl or cyclic N) is 1. The Labute approximate surface area is 138 Å². The minimum absolute atomic E-state index is 0.0998. The average molecular weight is 333 g/mol. The molecule has 1 aliphatic rings. The van der Waals surface area contributed by atoms with Crippen molar-refractivity contribution < 1.29 is 9.90 Å². The molecule has 1 saturated heterocycles. The maximum absolute atomic E-state index is 12.5. The molecule has 1 fully saturated rings. The topological polar surface area (TPSA) is 92.3 Å². The Morgan fingerprint density at radius 1 is 1.39 bits per heavy atom. The van der Waals surface area contributed by atoms with Crippen LogP contribution in [-0.4, -0.2) is 44.6 Å². The van der Waals surface area contributed by atoms with Crippen LogP contribution in [0.2, 0.25) is 5.02 Å². The normalized spacial score (nSPS) is 20.7. The molecular weight excluding hydrogens is 316 g/mol. The van der Waals surface area contributed by atoms with Crippen LogP contribution < -0.4 is 5.73 Å². The quantitative estimate of drug-likeness (QED) is 0.889. The SMILES string of the molecule is Nc1nccnc1C(=O)N1CCC(O)(Cc2cccc(Cl)c2)C1. The van der Waals surface area contributed by atoms with E-state index in [0.717, 1.165) is 5.56 Å². The number of halogens is 1. The van der Waals surface area contributed by atoms with E-state index in [4.69, 9.17) is 17.3 Å². The standard InChI is InChI=1S/C16H17ClN4O2/c17-12-3-1-2-11(8-12)9-16(23)4-7-21(10-16)15(22)13-14(18)20-6-5-19-13/h1-3,5-6,8,23H,4,7,9-10H2,(H2,18,20). The highest BCUT2D eigenvalue weighted by molar-refractivity contribution is 6.30. The molecule has 0 aliphatic carbocycles. The summed E-state index contributed by atoms with van der Waals surface area (Å²) in [5.74, 6) is -0.208. The number of amides is 1. The molecule has 120 valence electrons. The Hall–Kier alpha value is -2.18. The second-order valence-corrected chi connectivity index (χ2v) is 6.23. The fraction of sp³-hybridized carbons (Fsp3) is 0.312. The van der Waals surface area contributed by atoms with Gasteiger partial charge in [0.05, 0.1) is 12.1 Å². The van der Waals surface area contributed by atoms with Crippen molar-refractivity contribution in [3.05, 3.63) is 52.9 Å².